The highest BCUT2D eigenvalue weighted by molar-refractivity contribution is 5.83. The van der Waals surface area contributed by atoms with Crippen LogP contribution >= 0.6 is 0 Å². The summed E-state index contributed by atoms with van der Waals surface area (Å²) in [5.41, 5.74) is -0.507. The average molecular weight is 244 g/mol. The summed E-state index contributed by atoms with van der Waals surface area (Å²) >= 11 is 0. The maximum Gasteiger partial charge on any atom is 0.326 e. The van der Waals surface area contributed by atoms with Crippen LogP contribution in [0.2, 0.25) is 0 Å². The third-order valence-electron chi connectivity index (χ3n) is 2.45. The van der Waals surface area contributed by atoms with E-state index in [0.29, 0.717) is 6.54 Å². The van der Waals surface area contributed by atoms with Crippen molar-refractivity contribution in [1.29, 1.82) is 0 Å². The van der Waals surface area contributed by atoms with Gasteiger partial charge in [-0.25, -0.2) is 9.59 Å². The summed E-state index contributed by atoms with van der Waals surface area (Å²) in [4.78, 5) is 22.5. The van der Waals surface area contributed by atoms with Crippen LogP contribution in [0, 0.1) is 5.41 Å². The fourth-order valence-electron chi connectivity index (χ4n) is 1.41. The minimum Gasteiger partial charge on any atom is -0.480 e. The molecule has 17 heavy (non-hydrogen) atoms. The zero-order valence-corrected chi connectivity index (χ0v) is 11.2. The Bertz CT molecular complexity index is 259. The molecular formula is C12H24N2O3. The molecule has 0 aromatic rings. The monoisotopic (exact) mass is 244 g/mol. The van der Waals surface area contributed by atoms with E-state index in [1.807, 2.05) is 0 Å². The Labute approximate surface area is 103 Å². The second kappa shape index (κ2) is 7.14. The summed E-state index contributed by atoms with van der Waals surface area (Å²) in [7, 11) is 0. The molecule has 100 valence electrons. The molecule has 0 heterocycles. The Balaban J connectivity index is 4.11. The van der Waals surface area contributed by atoms with Gasteiger partial charge in [-0.05, 0) is 11.8 Å². The third kappa shape index (κ3) is 6.81. The van der Waals surface area contributed by atoms with Gasteiger partial charge in [0.15, 0.2) is 0 Å². The van der Waals surface area contributed by atoms with Gasteiger partial charge in [0.2, 0.25) is 0 Å². The van der Waals surface area contributed by atoms with E-state index >= 15 is 0 Å². The molecular weight excluding hydrogens is 220 g/mol. The predicted octanol–water partition coefficient (Wildman–Crippen LogP) is 1.98. The van der Waals surface area contributed by atoms with Crippen molar-refractivity contribution in [3.63, 3.8) is 0 Å². The van der Waals surface area contributed by atoms with E-state index in [9.17, 15) is 9.59 Å². The molecule has 1 atom stereocenters. The molecule has 0 aliphatic heterocycles. The molecule has 0 aromatic heterocycles. The van der Waals surface area contributed by atoms with Gasteiger partial charge in [-0.2, -0.15) is 0 Å². The van der Waals surface area contributed by atoms with Crippen LogP contribution in [0.25, 0.3) is 0 Å². The highest BCUT2D eigenvalue weighted by atomic mass is 16.4. The summed E-state index contributed by atoms with van der Waals surface area (Å²) < 4.78 is 0. The van der Waals surface area contributed by atoms with Crippen molar-refractivity contribution in [2.24, 2.45) is 5.41 Å². The van der Waals surface area contributed by atoms with Crippen LogP contribution in [0.4, 0.5) is 4.79 Å². The van der Waals surface area contributed by atoms with Crippen LogP contribution in [0.1, 0.15) is 47.0 Å². The van der Waals surface area contributed by atoms with E-state index in [4.69, 9.17) is 5.11 Å². The van der Waals surface area contributed by atoms with E-state index in [2.05, 4.69) is 17.6 Å². The number of aliphatic carboxylic acids is 1. The van der Waals surface area contributed by atoms with Crippen LogP contribution in [-0.2, 0) is 4.79 Å². The first-order valence-electron chi connectivity index (χ1n) is 6.06. The molecule has 5 heteroatoms. The molecule has 0 unspecified atom stereocenters. The summed E-state index contributed by atoms with van der Waals surface area (Å²) in [6, 6.07) is -1.29. The average Bonchev–Trinajstić information content (AvgIpc) is 2.19. The van der Waals surface area contributed by atoms with Gasteiger partial charge >= 0.3 is 12.0 Å². The normalized spacial score (nSPS) is 12.9. The molecule has 0 rings (SSSR count). The van der Waals surface area contributed by atoms with Crippen molar-refractivity contribution in [1.82, 2.24) is 10.6 Å². The van der Waals surface area contributed by atoms with Crippen molar-refractivity contribution >= 4 is 12.0 Å². The maximum atomic E-state index is 11.5. The minimum atomic E-state index is -1.01. The molecule has 2 amide bonds. The van der Waals surface area contributed by atoms with E-state index < -0.39 is 23.5 Å². The van der Waals surface area contributed by atoms with Crippen molar-refractivity contribution in [3.8, 4) is 0 Å². The first-order chi connectivity index (χ1) is 7.79. The van der Waals surface area contributed by atoms with Gasteiger partial charge < -0.3 is 15.7 Å². The lowest BCUT2D eigenvalue weighted by Crippen LogP contribution is -2.52. The number of carbonyl (C=O) groups excluding carboxylic acids is 1. The smallest absolute Gasteiger partial charge is 0.326 e. The molecule has 5 nitrogen and oxygen atoms in total. The first kappa shape index (κ1) is 15.7. The number of carboxylic acids is 1. The van der Waals surface area contributed by atoms with Crippen LogP contribution in [0.5, 0.6) is 0 Å². The predicted molar refractivity (Wildman–Crippen MR) is 66.9 cm³/mol. The van der Waals surface area contributed by atoms with Gasteiger partial charge in [-0.3, -0.25) is 0 Å². The van der Waals surface area contributed by atoms with Gasteiger partial charge in [0.1, 0.15) is 6.04 Å². The molecule has 0 aromatic carbocycles. The van der Waals surface area contributed by atoms with Crippen LogP contribution < -0.4 is 10.6 Å². The molecule has 0 spiro atoms. The number of urea groups is 1. The fraction of sp³-hybridized carbons (Fsp3) is 0.833. The van der Waals surface area contributed by atoms with Crippen molar-refractivity contribution in [2.75, 3.05) is 6.54 Å². The van der Waals surface area contributed by atoms with E-state index in [1.165, 1.54) is 0 Å². The largest absolute Gasteiger partial charge is 0.480 e. The summed E-state index contributed by atoms with van der Waals surface area (Å²) in [6.45, 7) is 8.01. The molecule has 0 bridgehead atoms. The maximum absolute atomic E-state index is 11.5. The number of amides is 2. The fourth-order valence-corrected chi connectivity index (χ4v) is 1.41. The van der Waals surface area contributed by atoms with Gasteiger partial charge in [0.05, 0.1) is 0 Å². The van der Waals surface area contributed by atoms with Gasteiger partial charge in [-0.15, -0.1) is 0 Å². The summed E-state index contributed by atoms with van der Waals surface area (Å²) in [5.74, 6) is -1.01. The number of unbranched alkanes of at least 4 members (excludes halogenated alkanes) is 2. The number of hydrogen-bond acceptors (Lipinski definition) is 2. The second-order valence-corrected chi connectivity index (χ2v) is 5.24. The summed E-state index contributed by atoms with van der Waals surface area (Å²) in [5, 5.41) is 14.2. The second-order valence-electron chi connectivity index (χ2n) is 5.24. The lowest BCUT2D eigenvalue weighted by molar-refractivity contribution is -0.141. The Morgan fingerprint density at radius 1 is 1.24 bits per heavy atom. The SMILES string of the molecule is CCCCCNC(=O)N[C@@H](C(=O)O)C(C)(C)C. The van der Waals surface area contributed by atoms with Crippen molar-refractivity contribution in [3.05, 3.63) is 0 Å². The minimum absolute atomic E-state index is 0.413. The molecule has 0 saturated heterocycles. The van der Waals surface area contributed by atoms with E-state index in [-0.39, 0.29) is 0 Å². The number of hydrogen-bond donors (Lipinski definition) is 3. The zero-order valence-electron chi connectivity index (χ0n) is 11.2. The van der Waals surface area contributed by atoms with Gasteiger partial charge in [-0.1, -0.05) is 40.5 Å². The molecule has 0 fully saturated rings. The highest BCUT2D eigenvalue weighted by Gasteiger charge is 2.32. The Morgan fingerprint density at radius 2 is 1.82 bits per heavy atom. The lowest BCUT2D eigenvalue weighted by atomic mass is 9.87. The molecule has 0 radical (unpaired) electrons. The molecule has 0 saturated carbocycles. The van der Waals surface area contributed by atoms with Crippen molar-refractivity contribution < 1.29 is 14.7 Å². The first-order valence-corrected chi connectivity index (χ1v) is 6.06. The van der Waals surface area contributed by atoms with E-state index in [0.717, 1.165) is 19.3 Å². The zero-order chi connectivity index (χ0) is 13.5. The van der Waals surface area contributed by atoms with Gasteiger partial charge in [0, 0.05) is 6.54 Å². The van der Waals surface area contributed by atoms with Crippen LogP contribution in [0.15, 0.2) is 0 Å². The van der Waals surface area contributed by atoms with E-state index in [1.54, 1.807) is 20.8 Å². The van der Waals surface area contributed by atoms with Crippen LogP contribution in [0.3, 0.4) is 0 Å². The Morgan fingerprint density at radius 3 is 2.24 bits per heavy atom. The van der Waals surface area contributed by atoms with Crippen molar-refractivity contribution in [2.45, 2.75) is 53.0 Å². The Kier molecular flexibility index (Phi) is 6.61. The number of rotatable bonds is 6. The summed E-state index contributed by atoms with van der Waals surface area (Å²) in [6.07, 6.45) is 3.06. The third-order valence-corrected chi connectivity index (χ3v) is 2.45. The standard InChI is InChI=1S/C12H24N2O3/c1-5-6-7-8-13-11(17)14-9(10(15)16)12(2,3)4/h9H,5-8H2,1-4H3,(H,15,16)(H2,13,14,17)/t9-/m0/s1. The number of carboxylic acid groups (broad SMARTS) is 1. The van der Waals surface area contributed by atoms with Gasteiger partial charge in [0.25, 0.3) is 0 Å². The molecule has 0 aliphatic carbocycles. The number of nitrogens with one attached hydrogen (secondary N) is 2. The lowest BCUT2D eigenvalue weighted by Gasteiger charge is -2.27. The molecule has 3 N–H and O–H groups in total. The topological polar surface area (TPSA) is 78.4 Å². The quantitative estimate of drug-likeness (QED) is 0.625. The number of carbonyl (C=O) groups is 2. The Hall–Kier alpha value is -1.26. The van der Waals surface area contributed by atoms with Crippen LogP contribution in [-0.4, -0.2) is 29.7 Å². The molecule has 0 aliphatic rings. The highest BCUT2D eigenvalue weighted by Crippen LogP contribution is 2.19.